The fourth-order valence-electron chi connectivity index (χ4n) is 6.15. The minimum Gasteiger partial charge on any atom is -0.495 e. The SMILES string of the molecule is C=CCC(CC)C1(C)OOC2(CCCC(OC(=O)Nc3cc(-c4cnnn4-c4cc(OC)c(OC)c(OC)c4)ccc3OC)C2)O1. The summed E-state index contributed by atoms with van der Waals surface area (Å²) in [5.41, 5.74) is 2.39. The highest BCUT2D eigenvalue weighted by Crippen LogP contribution is 2.47. The molecule has 1 aromatic heterocycles. The molecular formula is C33H42N4O9. The van der Waals surface area contributed by atoms with Crippen LogP contribution in [0.5, 0.6) is 23.0 Å². The first-order chi connectivity index (χ1) is 22.2. The van der Waals surface area contributed by atoms with Crippen LogP contribution in [-0.4, -0.2) is 67.2 Å². The molecule has 2 aliphatic rings. The number of aromatic nitrogens is 3. The summed E-state index contributed by atoms with van der Waals surface area (Å²) in [6.45, 7) is 7.82. The van der Waals surface area contributed by atoms with Gasteiger partial charge in [-0.2, -0.15) is 9.78 Å². The van der Waals surface area contributed by atoms with Gasteiger partial charge in [0.1, 0.15) is 11.9 Å². The number of ether oxygens (including phenoxy) is 6. The number of hydrogen-bond acceptors (Lipinski definition) is 11. The first-order valence-electron chi connectivity index (χ1n) is 15.3. The molecule has 2 heterocycles. The van der Waals surface area contributed by atoms with E-state index >= 15 is 0 Å². The molecule has 4 unspecified atom stereocenters. The molecule has 0 bridgehead atoms. The van der Waals surface area contributed by atoms with Crippen molar-refractivity contribution >= 4 is 11.8 Å². The van der Waals surface area contributed by atoms with Crippen molar-refractivity contribution in [3.05, 3.63) is 49.2 Å². The topological polar surface area (TPSA) is 134 Å². The Hall–Kier alpha value is -4.33. The monoisotopic (exact) mass is 638 g/mol. The summed E-state index contributed by atoms with van der Waals surface area (Å²) in [5, 5.41) is 11.3. The predicted molar refractivity (Wildman–Crippen MR) is 168 cm³/mol. The molecule has 13 nitrogen and oxygen atoms in total. The summed E-state index contributed by atoms with van der Waals surface area (Å²) < 4.78 is 36.0. The van der Waals surface area contributed by atoms with Gasteiger partial charge in [0, 0.05) is 36.5 Å². The van der Waals surface area contributed by atoms with Gasteiger partial charge < -0.3 is 28.4 Å². The normalized spacial score (nSPS) is 23.0. The second-order valence-corrected chi connectivity index (χ2v) is 11.4. The zero-order valence-electron chi connectivity index (χ0n) is 27.2. The maximum atomic E-state index is 13.2. The van der Waals surface area contributed by atoms with Crippen molar-refractivity contribution in [1.82, 2.24) is 15.0 Å². The summed E-state index contributed by atoms with van der Waals surface area (Å²) in [6, 6.07) is 8.89. The molecule has 13 heteroatoms. The maximum Gasteiger partial charge on any atom is 0.412 e. The third-order valence-electron chi connectivity index (χ3n) is 8.50. The lowest BCUT2D eigenvalue weighted by Crippen LogP contribution is -2.44. The molecule has 248 valence electrons. The molecule has 1 saturated heterocycles. The molecule has 1 N–H and O–H groups in total. The number of hydrogen-bond donors (Lipinski definition) is 1. The number of carbonyl (C=O) groups is 1. The standard InChI is InChI=1S/C33H42N4O9/c1-8-11-22(9-2)32(3)44-33(46-45-32)15-10-12-24(19-33)43-31(38)35-25-16-21(13-14-27(25)39-4)26-20-34-36-37(26)23-17-28(40-5)30(42-7)29(18-23)41-6/h8,13-14,16-18,20,22,24H,1,9-12,15,19H2,2-7H3,(H,35,38). The second-order valence-electron chi connectivity index (χ2n) is 11.4. The van der Waals surface area contributed by atoms with Crippen LogP contribution >= 0.6 is 0 Å². The lowest BCUT2D eigenvalue weighted by atomic mass is 9.89. The number of rotatable bonds is 12. The van der Waals surface area contributed by atoms with Crippen LogP contribution in [0.2, 0.25) is 0 Å². The first-order valence-corrected chi connectivity index (χ1v) is 15.3. The summed E-state index contributed by atoms with van der Waals surface area (Å²) in [7, 11) is 6.15. The van der Waals surface area contributed by atoms with E-state index in [-0.39, 0.29) is 5.92 Å². The number of allylic oxidation sites excluding steroid dienone is 1. The number of methoxy groups -OCH3 is 4. The zero-order chi connectivity index (χ0) is 32.9. The van der Waals surface area contributed by atoms with E-state index in [1.54, 1.807) is 49.4 Å². The average molecular weight is 639 g/mol. The van der Waals surface area contributed by atoms with E-state index in [2.05, 4.69) is 29.1 Å². The van der Waals surface area contributed by atoms with Crippen LogP contribution < -0.4 is 24.3 Å². The van der Waals surface area contributed by atoms with E-state index in [1.807, 2.05) is 19.1 Å². The van der Waals surface area contributed by atoms with Crippen molar-refractivity contribution in [3.63, 3.8) is 0 Å². The second kappa shape index (κ2) is 14.0. The molecule has 1 spiro atoms. The Kier molecular flexibility index (Phi) is 10.0. The van der Waals surface area contributed by atoms with Crippen molar-refractivity contribution in [3.8, 4) is 39.9 Å². The van der Waals surface area contributed by atoms with Gasteiger partial charge in [0.2, 0.25) is 17.3 Å². The molecule has 2 fully saturated rings. The Balaban J connectivity index is 1.33. The number of benzene rings is 2. The molecule has 46 heavy (non-hydrogen) atoms. The number of nitrogens with zero attached hydrogens (tertiary/aromatic N) is 3. The number of nitrogens with one attached hydrogen (secondary N) is 1. The Morgan fingerprint density at radius 3 is 2.50 bits per heavy atom. The Labute approximate surface area is 268 Å². The van der Waals surface area contributed by atoms with Crippen LogP contribution in [0.15, 0.2) is 49.2 Å². The fourth-order valence-corrected chi connectivity index (χ4v) is 6.15. The lowest BCUT2D eigenvalue weighted by molar-refractivity contribution is -0.361. The molecule has 1 saturated carbocycles. The molecular weight excluding hydrogens is 596 g/mol. The van der Waals surface area contributed by atoms with Gasteiger partial charge in [-0.15, -0.1) is 11.7 Å². The molecule has 0 radical (unpaired) electrons. The summed E-state index contributed by atoms with van der Waals surface area (Å²) in [5.74, 6) is 0.0239. The van der Waals surface area contributed by atoms with Gasteiger partial charge in [-0.05, 0) is 50.8 Å². The van der Waals surface area contributed by atoms with Crippen LogP contribution in [0.3, 0.4) is 0 Å². The maximum absolute atomic E-state index is 13.2. The lowest BCUT2D eigenvalue weighted by Gasteiger charge is -2.36. The highest BCUT2D eigenvalue weighted by molar-refractivity contribution is 5.88. The van der Waals surface area contributed by atoms with Crippen molar-refractivity contribution in [2.75, 3.05) is 33.8 Å². The van der Waals surface area contributed by atoms with Gasteiger partial charge in [0.05, 0.1) is 51.7 Å². The third-order valence-corrected chi connectivity index (χ3v) is 8.50. The van der Waals surface area contributed by atoms with Crippen LogP contribution in [-0.2, 0) is 19.2 Å². The fraction of sp³-hybridized carbons (Fsp3) is 0.485. The van der Waals surface area contributed by atoms with Crippen LogP contribution in [0.25, 0.3) is 16.9 Å². The summed E-state index contributed by atoms with van der Waals surface area (Å²) in [4.78, 5) is 24.8. The van der Waals surface area contributed by atoms with Gasteiger partial charge in [-0.3, -0.25) is 5.32 Å². The molecule has 1 amide bonds. The molecule has 3 aromatic rings. The molecule has 2 aromatic carbocycles. The molecule has 1 aliphatic carbocycles. The quantitative estimate of drug-likeness (QED) is 0.173. The van der Waals surface area contributed by atoms with E-state index in [1.165, 1.54) is 14.2 Å². The highest BCUT2D eigenvalue weighted by atomic mass is 17.3. The Bertz CT molecular complexity index is 1520. The van der Waals surface area contributed by atoms with Gasteiger partial charge in [-0.25, -0.2) is 9.48 Å². The van der Waals surface area contributed by atoms with Crippen molar-refractivity contribution in [2.45, 2.75) is 70.1 Å². The highest BCUT2D eigenvalue weighted by Gasteiger charge is 2.55. The number of carbonyl (C=O) groups excluding carboxylic acids is 1. The minimum absolute atomic E-state index is 0.0778. The number of amides is 1. The van der Waals surface area contributed by atoms with E-state index in [4.69, 9.17) is 38.2 Å². The Morgan fingerprint density at radius 1 is 1.11 bits per heavy atom. The van der Waals surface area contributed by atoms with Crippen LogP contribution in [0.1, 0.15) is 52.4 Å². The van der Waals surface area contributed by atoms with E-state index < -0.39 is 23.8 Å². The van der Waals surface area contributed by atoms with Crippen LogP contribution in [0, 0.1) is 5.92 Å². The van der Waals surface area contributed by atoms with Crippen LogP contribution in [0.4, 0.5) is 10.5 Å². The summed E-state index contributed by atoms with van der Waals surface area (Å²) in [6.07, 6.45) is 6.35. The molecule has 5 rings (SSSR count). The van der Waals surface area contributed by atoms with E-state index in [0.717, 1.165) is 19.3 Å². The zero-order valence-corrected chi connectivity index (χ0v) is 27.2. The average Bonchev–Trinajstić information content (AvgIpc) is 3.68. The van der Waals surface area contributed by atoms with Crippen molar-refractivity contribution < 1.29 is 43.0 Å². The third kappa shape index (κ3) is 6.62. The minimum atomic E-state index is -0.984. The largest absolute Gasteiger partial charge is 0.495 e. The first kappa shape index (κ1) is 33.0. The predicted octanol–water partition coefficient (Wildman–Crippen LogP) is 6.45. The smallest absolute Gasteiger partial charge is 0.412 e. The van der Waals surface area contributed by atoms with Gasteiger partial charge in [0.25, 0.3) is 0 Å². The van der Waals surface area contributed by atoms with E-state index in [9.17, 15) is 4.79 Å². The molecule has 1 aliphatic heterocycles. The van der Waals surface area contributed by atoms with Crippen molar-refractivity contribution in [2.24, 2.45) is 5.92 Å². The van der Waals surface area contributed by atoms with Gasteiger partial charge >= 0.3 is 6.09 Å². The molecule has 4 atom stereocenters. The van der Waals surface area contributed by atoms with Crippen molar-refractivity contribution in [1.29, 1.82) is 0 Å². The van der Waals surface area contributed by atoms with E-state index in [0.29, 0.717) is 64.9 Å². The van der Waals surface area contributed by atoms with Gasteiger partial charge in [-0.1, -0.05) is 18.2 Å². The van der Waals surface area contributed by atoms with Gasteiger partial charge in [0.15, 0.2) is 11.5 Å². The summed E-state index contributed by atoms with van der Waals surface area (Å²) >= 11 is 0. The Morgan fingerprint density at radius 2 is 1.85 bits per heavy atom. The number of anilines is 1.